The molecular weight excluding hydrogens is 232 g/mol. The molecule has 3 unspecified atom stereocenters. The van der Waals surface area contributed by atoms with Crippen LogP contribution in [0.25, 0.3) is 0 Å². The SMILES string of the molecule is NC1CCCCCC1C(=O)NC1CCCSC1. The Hall–Kier alpha value is -0.220. The van der Waals surface area contributed by atoms with Crippen LogP contribution in [-0.4, -0.2) is 29.5 Å². The summed E-state index contributed by atoms with van der Waals surface area (Å²) in [5.41, 5.74) is 6.12. The van der Waals surface area contributed by atoms with Gasteiger partial charge in [-0.05, 0) is 31.4 Å². The number of nitrogens with two attached hydrogens (primary N) is 1. The van der Waals surface area contributed by atoms with E-state index in [4.69, 9.17) is 5.73 Å². The first kappa shape index (κ1) is 13.2. The van der Waals surface area contributed by atoms with Crippen LogP contribution >= 0.6 is 11.8 Å². The molecule has 2 aliphatic rings. The van der Waals surface area contributed by atoms with Gasteiger partial charge >= 0.3 is 0 Å². The first-order valence-corrected chi connectivity index (χ1v) is 8.06. The maximum absolute atomic E-state index is 12.2. The minimum atomic E-state index is 0.0597. The molecule has 1 aliphatic heterocycles. The molecule has 3 N–H and O–H groups in total. The van der Waals surface area contributed by atoms with Crippen LogP contribution in [0.15, 0.2) is 0 Å². The van der Waals surface area contributed by atoms with Gasteiger partial charge in [0.25, 0.3) is 0 Å². The number of thioether (sulfide) groups is 1. The van der Waals surface area contributed by atoms with Crippen LogP contribution in [0.1, 0.15) is 44.9 Å². The molecule has 3 atom stereocenters. The number of nitrogens with one attached hydrogen (secondary N) is 1. The van der Waals surface area contributed by atoms with Crippen molar-refractivity contribution in [3.8, 4) is 0 Å². The second-order valence-corrected chi connectivity index (χ2v) is 6.48. The molecule has 1 saturated heterocycles. The van der Waals surface area contributed by atoms with Gasteiger partial charge in [-0.1, -0.05) is 19.3 Å². The Balaban J connectivity index is 1.84. The van der Waals surface area contributed by atoms with E-state index in [2.05, 4.69) is 5.32 Å². The number of amides is 1. The highest BCUT2D eigenvalue weighted by molar-refractivity contribution is 7.99. The summed E-state index contributed by atoms with van der Waals surface area (Å²) >= 11 is 1.95. The van der Waals surface area contributed by atoms with Gasteiger partial charge in [-0.25, -0.2) is 0 Å². The van der Waals surface area contributed by atoms with Crippen LogP contribution in [0.4, 0.5) is 0 Å². The molecule has 1 amide bonds. The van der Waals surface area contributed by atoms with Gasteiger partial charge in [-0.3, -0.25) is 4.79 Å². The zero-order valence-electron chi connectivity index (χ0n) is 10.5. The topological polar surface area (TPSA) is 55.1 Å². The van der Waals surface area contributed by atoms with E-state index in [1.165, 1.54) is 25.0 Å². The molecule has 17 heavy (non-hydrogen) atoms. The Morgan fingerprint density at radius 1 is 1.12 bits per heavy atom. The molecule has 1 aliphatic carbocycles. The Bertz CT molecular complexity index is 254. The third kappa shape index (κ3) is 3.88. The number of hydrogen-bond acceptors (Lipinski definition) is 3. The lowest BCUT2D eigenvalue weighted by Gasteiger charge is -2.27. The van der Waals surface area contributed by atoms with E-state index in [1.807, 2.05) is 11.8 Å². The lowest BCUT2D eigenvalue weighted by molar-refractivity contribution is -0.126. The van der Waals surface area contributed by atoms with Gasteiger partial charge in [0.2, 0.25) is 5.91 Å². The smallest absolute Gasteiger partial charge is 0.224 e. The third-order valence-electron chi connectivity index (χ3n) is 3.91. The fraction of sp³-hybridized carbons (Fsp3) is 0.923. The maximum Gasteiger partial charge on any atom is 0.224 e. The van der Waals surface area contributed by atoms with Crippen LogP contribution in [0, 0.1) is 5.92 Å². The number of carbonyl (C=O) groups is 1. The highest BCUT2D eigenvalue weighted by Gasteiger charge is 2.28. The van der Waals surface area contributed by atoms with E-state index < -0.39 is 0 Å². The average Bonchev–Trinajstić information content (AvgIpc) is 2.55. The van der Waals surface area contributed by atoms with Gasteiger partial charge < -0.3 is 11.1 Å². The van der Waals surface area contributed by atoms with Crippen molar-refractivity contribution in [1.29, 1.82) is 0 Å². The molecule has 2 fully saturated rings. The molecule has 1 heterocycles. The molecule has 0 spiro atoms. The summed E-state index contributed by atoms with van der Waals surface area (Å²) in [6.07, 6.45) is 7.93. The van der Waals surface area contributed by atoms with Crippen molar-refractivity contribution in [2.24, 2.45) is 11.7 Å². The van der Waals surface area contributed by atoms with Crippen LogP contribution in [-0.2, 0) is 4.79 Å². The zero-order chi connectivity index (χ0) is 12.1. The van der Waals surface area contributed by atoms with Gasteiger partial charge in [0.15, 0.2) is 0 Å². The molecule has 4 heteroatoms. The van der Waals surface area contributed by atoms with Crippen LogP contribution < -0.4 is 11.1 Å². The molecule has 1 saturated carbocycles. The highest BCUT2D eigenvalue weighted by Crippen LogP contribution is 2.23. The summed E-state index contributed by atoms with van der Waals surface area (Å²) in [5.74, 6) is 2.60. The Labute approximate surface area is 108 Å². The minimum absolute atomic E-state index is 0.0597. The summed E-state index contributed by atoms with van der Waals surface area (Å²) in [4.78, 5) is 12.2. The van der Waals surface area contributed by atoms with Gasteiger partial charge in [0, 0.05) is 17.8 Å². The van der Waals surface area contributed by atoms with Crippen LogP contribution in [0.5, 0.6) is 0 Å². The summed E-state index contributed by atoms with van der Waals surface area (Å²) < 4.78 is 0. The van der Waals surface area contributed by atoms with E-state index in [1.54, 1.807) is 0 Å². The zero-order valence-corrected chi connectivity index (χ0v) is 11.3. The van der Waals surface area contributed by atoms with Crippen LogP contribution in [0.3, 0.4) is 0 Å². The summed E-state index contributed by atoms with van der Waals surface area (Å²) in [5, 5.41) is 3.21. The van der Waals surface area contributed by atoms with E-state index in [-0.39, 0.29) is 17.9 Å². The molecular formula is C13H24N2OS. The van der Waals surface area contributed by atoms with Crippen LogP contribution in [0.2, 0.25) is 0 Å². The molecule has 3 nitrogen and oxygen atoms in total. The predicted molar refractivity (Wildman–Crippen MR) is 73.0 cm³/mol. The first-order valence-electron chi connectivity index (χ1n) is 6.91. The molecule has 98 valence electrons. The summed E-state index contributed by atoms with van der Waals surface area (Å²) in [6.45, 7) is 0. The largest absolute Gasteiger partial charge is 0.352 e. The van der Waals surface area contributed by atoms with Crippen molar-refractivity contribution in [1.82, 2.24) is 5.32 Å². The third-order valence-corrected chi connectivity index (χ3v) is 5.13. The normalized spacial score (nSPS) is 35.0. The second kappa shape index (κ2) is 6.64. The second-order valence-electron chi connectivity index (χ2n) is 5.33. The van der Waals surface area contributed by atoms with E-state index >= 15 is 0 Å². The molecule has 0 aromatic rings. The van der Waals surface area contributed by atoms with E-state index in [0.29, 0.717) is 6.04 Å². The van der Waals surface area contributed by atoms with E-state index in [9.17, 15) is 4.79 Å². The van der Waals surface area contributed by atoms with Crippen molar-refractivity contribution >= 4 is 17.7 Å². The Morgan fingerprint density at radius 2 is 1.94 bits per heavy atom. The van der Waals surface area contributed by atoms with E-state index in [0.717, 1.165) is 31.4 Å². The lowest BCUT2D eigenvalue weighted by atomic mass is 9.94. The standard InChI is InChI=1S/C13H24N2OS/c14-12-7-3-1-2-6-11(12)13(16)15-10-5-4-8-17-9-10/h10-12H,1-9,14H2,(H,15,16). The Kier molecular flexibility index (Phi) is 5.16. The molecule has 0 bridgehead atoms. The molecule has 0 radical (unpaired) electrons. The quantitative estimate of drug-likeness (QED) is 0.742. The van der Waals surface area contributed by atoms with Crippen molar-refractivity contribution in [2.75, 3.05) is 11.5 Å². The fourth-order valence-electron chi connectivity index (χ4n) is 2.82. The van der Waals surface area contributed by atoms with Gasteiger partial charge in [-0.2, -0.15) is 11.8 Å². The fourth-order valence-corrected chi connectivity index (χ4v) is 3.90. The van der Waals surface area contributed by atoms with Crippen molar-refractivity contribution < 1.29 is 4.79 Å². The first-order chi connectivity index (χ1) is 8.27. The van der Waals surface area contributed by atoms with Gasteiger partial charge in [-0.15, -0.1) is 0 Å². The molecule has 0 aromatic carbocycles. The molecule has 0 aromatic heterocycles. The van der Waals surface area contributed by atoms with Gasteiger partial charge in [0.1, 0.15) is 0 Å². The minimum Gasteiger partial charge on any atom is -0.352 e. The van der Waals surface area contributed by atoms with Gasteiger partial charge in [0.05, 0.1) is 5.92 Å². The molecule has 2 rings (SSSR count). The maximum atomic E-state index is 12.2. The predicted octanol–water partition coefficient (Wildman–Crippen LogP) is 1.91. The van der Waals surface area contributed by atoms with Crippen molar-refractivity contribution in [2.45, 2.75) is 57.0 Å². The number of hydrogen-bond donors (Lipinski definition) is 2. The monoisotopic (exact) mass is 256 g/mol. The van der Waals surface area contributed by atoms with Crippen molar-refractivity contribution in [3.63, 3.8) is 0 Å². The summed E-state index contributed by atoms with van der Waals surface area (Å²) in [6, 6.07) is 0.463. The lowest BCUT2D eigenvalue weighted by Crippen LogP contribution is -2.46. The number of rotatable bonds is 2. The number of carbonyl (C=O) groups excluding carboxylic acids is 1. The Morgan fingerprint density at radius 3 is 2.71 bits per heavy atom. The summed E-state index contributed by atoms with van der Waals surface area (Å²) in [7, 11) is 0. The van der Waals surface area contributed by atoms with Crippen molar-refractivity contribution in [3.05, 3.63) is 0 Å². The highest BCUT2D eigenvalue weighted by atomic mass is 32.2. The average molecular weight is 256 g/mol.